The second-order valence-corrected chi connectivity index (χ2v) is 10.6. The first-order chi connectivity index (χ1) is 17.9. The highest BCUT2D eigenvalue weighted by atomic mass is 32.2. The van der Waals surface area contributed by atoms with Gasteiger partial charge in [0.05, 0.1) is 17.0 Å². The minimum atomic E-state index is -3.94. The Morgan fingerprint density at radius 2 is 1.68 bits per heavy atom. The number of benzene rings is 3. The maximum absolute atomic E-state index is 13.2. The van der Waals surface area contributed by atoms with Crippen LogP contribution in [-0.4, -0.2) is 33.1 Å². The lowest BCUT2D eigenvalue weighted by atomic mass is 10.2. The third kappa shape index (κ3) is 5.35. The molecule has 12 heteroatoms. The molecular formula is C25H20N6O4S2. The molecule has 0 unspecified atom stereocenters. The molecule has 0 aliphatic heterocycles. The summed E-state index contributed by atoms with van der Waals surface area (Å²) in [6.45, 7) is -0.151. The Bertz CT molecular complexity index is 1670. The smallest absolute Gasteiger partial charge is 0.269 e. The van der Waals surface area contributed by atoms with E-state index in [-0.39, 0.29) is 17.1 Å². The number of sulfonamides is 1. The van der Waals surface area contributed by atoms with Crippen molar-refractivity contribution >= 4 is 38.4 Å². The first-order valence-corrected chi connectivity index (χ1v) is 13.6. The summed E-state index contributed by atoms with van der Waals surface area (Å²) in [7, 11) is -3.94. The van der Waals surface area contributed by atoms with E-state index in [1.54, 1.807) is 47.2 Å². The number of hydrogen-bond acceptors (Lipinski definition) is 8. The van der Waals surface area contributed by atoms with Crippen molar-refractivity contribution in [2.75, 3.05) is 0 Å². The second-order valence-electron chi connectivity index (χ2n) is 7.94. The van der Waals surface area contributed by atoms with Gasteiger partial charge in [-0.3, -0.25) is 19.7 Å². The average molecular weight is 533 g/mol. The maximum Gasteiger partial charge on any atom is 0.269 e. The lowest BCUT2D eigenvalue weighted by Gasteiger charge is -2.12. The molecule has 186 valence electrons. The van der Waals surface area contributed by atoms with Gasteiger partial charge in [0.1, 0.15) is 4.90 Å². The number of nitro benzene ring substituents is 1. The van der Waals surface area contributed by atoms with E-state index in [1.807, 2.05) is 30.3 Å². The zero-order valence-corrected chi connectivity index (χ0v) is 20.9. The number of hydrogen-bond donors (Lipinski definition) is 1. The van der Waals surface area contributed by atoms with Gasteiger partial charge in [-0.2, -0.15) is 0 Å². The van der Waals surface area contributed by atoms with Crippen molar-refractivity contribution in [1.82, 2.24) is 24.5 Å². The van der Waals surface area contributed by atoms with Gasteiger partial charge in [-0.1, -0.05) is 60.3 Å². The Balaban J connectivity index is 1.46. The van der Waals surface area contributed by atoms with E-state index in [9.17, 15) is 18.5 Å². The van der Waals surface area contributed by atoms with Crippen molar-refractivity contribution in [3.8, 4) is 5.69 Å². The first-order valence-electron chi connectivity index (χ1n) is 11.1. The molecule has 0 radical (unpaired) electrons. The number of rotatable bonds is 9. The molecule has 5 aromatic rings. The highest BCUT2D eigenvalue weighted by Gasteiger charge is 2.21. The van der Waals surface area contributed by atoms with Gasteiger partial charge in [0.25, 0.3) is 5.69 Å². The van der Waals surface area contributed by atoms with E-state index >= 15 is 0 Å². The number of aromatic nitrogens is 4. The average Bonchev–Trinajstić information content (AvgIpc) is 3.34. The number of thioether (sulfide) groups is 1. The summed E-state index contributed by atoms with van der Waals surface area (Å²) in [5, 5.41) is 20.9. The number of fused-ring (bicyclic) bond motifs is 1. The van der Waals surface area contributed by atoms with Gasteiger partial charge in [-0.25, -0.2) is 13.1 Å². The van der Waals surface area contributed by atoms with E-state index in [4.69, 9.17) is 0 Å². The van der Waals surface area contributed by atoms with Gasteiger partial charge in [0, 0.05) is 35.2 Å². The second kappa shape index (κ2) is 10.5. The molecule has 0 fully saturated rings. The largest absolute Gasteiger partial charge is 0.273 e. The van der Waals surface area contributed by atoms with Crippen LogP contribution in [0.4, 0.5) is 5.69 Å². The fraction of sp³-hybridized carbons (Fsp3) is 0.0800. The number of non-ortho nitro benzene ring substituents is 1. The molecule has 0 spiro atoms. The van der Waals surface area contributed by atoms with E-state index < -0.39 is 14.9 Å². The minimum absolute atomic E-state index is 0.0546. The zero-order valence-electron chi connectivity index (χ0n) is 19.3. The minimum Gasteiger partial charge on any atom is -0.273 e. The highest BCUT2D eigenvalue weighted by molar-refractivity contribution is 7.98. The third-order valence-corrected chi connectivity index (χ3v) is 7.97. The van der Waals surface area contributed by atoms with E-state index in [2.05, 4.69) is 19.9 Å². The summed E-state index contributed by atoms with van der Waals surface area (Å²) >= 11 is 1.43. The molecule has 0 atom stereocenters. The van der Waals surface area contributed by atoms with Gasteiger partial charge in [-0.05, 0) is 29.8 Å². The van der Waals surface area contributed by atoms with Crippen LogP contribution < -0.4 is 4.72 Å². The van der Waals surface area contributed by atoms with E-state index in [0.717, 1.165) is 5.56 Å². The summed E-state index contributed by atoms with van der Waals surface area (Å²) < 4.78 is 30.7. The first kappa shape index (κ1) is 24.6. The fourth-order valence-corrected chi connectivity index (χ4v) is 5.83. The van der Waals surface area contributed by atoms with Crippen LogP contribution in [0.25, 0.3) is 16.6 Å². The molecule has 3 aromatic carbocycles. The van der Waals surface area contributed by atoms with E-state index in [1.165, 1.54) is 30.0 Å². The standard InChI is InChI=1S/C25H20N6O4S2/c32-31(33)21-13-11-20(12-14-21)30-23(28-29-25(30)36-17-18-6-2-1-3-7-18)16-27-37(34,35)22-10-4-8-19-9-5-15-26-24(19)22/h1-15,27H,16-17H2. The SMILES string of the molecule is O=[N+]([O-])c1ccc(-n2c(CNS(=O)(=O)c3cccc4cccnc34)nnc2SCc2ccccc2)cc1. The number of para-hydroxylation sites is 1. The van der Waals surface area contributed by atoms with Gasteiger partial charge in [0.2, 0.25) is 10.0 Å². The van der Waals surface area contributed by atoms with Crippen molar-refractivity contribution in [2.24, 2.45) is 0 Å². The molecule has 0 bridgehead atoms. The van der Waals surface area contributed by atoms with Crippen LogP contribution in [0.2, 0.25) is 0 Å². The molecule has 2 aromatic heterocycles. The lowest BCUT2D eigenvalue weighted by molar-refractivity contribution is -0.384. The molecule has 0 saturated carbocycles. The Morgan fingerprint density at radius 1 is 0.919 bits per heavy atom. The zero-order chi connectivity index (χ0) is 25.8. The van der Waals surface area contributed by atoms with Crippen LogP contribution in [0, 0.1) is 10.1 Å². The Hall–Kier alpha value is -4.13. The number of nitrogens with zero attached hydrogens (tertiary/aromatic N) is 5. The topological polar surface area (TPSA) is 133 Å². The van der Waals surface area contributed by atoms with Crippen molar-refractivity contribution < 1.29 is 13.3 Å². The summed E-state index contributed by atoms with van der Waals surface area (Å²) in [6, 6.07) is 24.2. The van der Waals surface area contributed by atoms with Gasteiger partial charge < -0.3 is 0 Å². The molecule has 0 saturated heterocycles. The fourth-order valence-electron chi connectivity index (χ4n) is 3.74. The predicted octanol–water partition coefficient (Wildman–Crippen LogP) is 4.49. The molecular weight excluding hydrogens is 512 g/mol. The van der Waals surface area contributed by atoms with Crippen LogP contribution in [-0.2, 0) is 22.3 Å². The summed E-state index contributed by atoms with van der Waals surface area (Å²) in [6.07, 6.45) is 1.54. The molecule has 2 heterocycles. The van der Waals surface area contributed by atoms with Gasteiger partial charge >= 0.3 is 0 Å². The van der Waals surface area contributed by atoms with Crippen molar-refractivity contribution in [3.63, 3.8) is 0 Å². The third-order valence-electron chi connectivity index (χ3n) is 5.54. The summed E-state index contributed by atoms with van der Waals surface area (Å²) in [5.74, 6) is 0.945. The molecule has 0 aliphatic rings. The summed E-state index contributed by atoms with van der Waals surface area (Å²) in [4.78, 5) is 14.9. The van der Waals surface area contributed by atoms with Gasteiger partial charge in [-0.15, -0.1) is 10.2 Å². The van der Waals surface area contributed by atoms with E-state index in [0.29, 0.717) is 33.3 Å². The Morgan fingerprint density at radius 3 is 2.43 bits per heavy atom. The van der Waals surface area contributed by atoms with Crippen LogP contribution in [0.15, 0.2) is 101 Å². The van der Waals surface area contributed by atoms with Crippen LogP contribution in [0.3, 0.4) is 0 Å². The normalized spacial score (nSPS) is 11.6. The van der Waals surface area contributed by atoms with Crippen LogP contribution in [0.1, 0.15) is 11.4 Å². The quantitative estimate of drug-likeness (QED) is 0.167. The maximum atomic E-state index is 13.2. The number of nitro groups is 1. The van der Waals surface area contributed by atoms with Crippen molar-refractivity contribution in [2.45, 2.75) is 22.3 Å². The van der Waals surface area contributed by atoms with Crippen molar-refractivity contribution in [3.05, 3.63) is 113 Å². The Kier molecular flexibility index (Phi) is 6.95. The monoisotopic (exact) mass is 532 g/mol. The lowest BCUT2D eigenvalue weighted by Crippen LogP contribution is -2.25. The molecule has 0 amide bonds. The predicted molar refractivity (Wildman–Crippen MR) is 140 cm³/mol. The summed E-state index contributed by atoms with van der Waals surface area (Å²) in [5.41, 5.74) is 1.97. The number of pyridine rings is 1. The Labute approximate surface area is 216 Å². The van der Waals surface area contributed by atoms with Crippen molar-refractivity contribution in [1.29, 1.82) is 0 Å². The van der Waals surface area contributed by atoms with Gasteiger partial charge in [0.15, 0.2) is 11.0 Å². The van der Waals surface area contributed by atoms with Crippen LogP contribution >= 0.6 is 11.8 Å². The molecule has 10 nitrogen and oxygen atoms in total. The molecule has 0 aliphatic carbocycles. The van der Waals surface area contributed by atoms with Crippen LogP contribution in [0.5, 0.6) is 0 Å². The molecule has 5 rings (SSSR count). The molecule has 37 heavy (non-hydrogen) atoms. The highest BCUT2D eigenvalue weighted by Crippen LogP contribution is 2.27. The molecule has 1 N–H and O–H groups in total. The number of nitrogens with one attached hydrogen (secondary N) is 1.